The van der Waals surface area contributed by atoms with Crippen LogP contribution in [0.15, 0.2) is 91.0 Å². The van der Waals surface area contributed by atoms with Crippen molar-refractivity contribution >= 4 is 23.4 Å². The van der Waals surface area contributed by atoms with Crippen molar-refractivity contribution < 1.29 is 36.2 Å². The van der Waals surface area contributed by atoms with Crippen molar-refractivity contribution in [1.82, 2.24) is 0 Å². The van der Waals surface area contributed by atoms with Gasteiger partial charge in [-0.15, -0.1) is 0 Å². The maximum absolute atomic E-state index is 14.8. The van der Waals surface area contributed by atoms with E-state index in [0.29, 0.717) is 35.3 Å². The molecule has 0 aliphatic heterocycles. The lowest BCUT2D eigenvalue weighted by Crippen LogP contribution is -2.21. The molecule has 0 spiro atoms. The molecule has 45 heavy (non-hydrogen) atoms. The first-order valence-electron chi connectivity index (χ1n) is 14.2. The Balaban J connectivity index is 1.31. The molecule has 10 heteroatoms. The Bertz CT molecular complexity index is 1630. The molecule has 0 fully saturated rings. The quantitative estimate of drug-likeness (QED) is 0.0540. The smallest absolute Gasteiger partial charge is 0.426 e. The van der Waals surface area contributed by atoms with E-state index in [2.05, 4.69) is 0 Å². The van der Waals surface area contributed by atoms with Crippen LogP contribution in [0.25, 0.3) is 17.2 Å². The number of unbranched alkanes of at least 4 members (excludes halogenated alkanes) is 1. The largest absolute Gasteiger partial charge is 0.458 e. The number of ether oxygens (including phenoxy) is 2. The number of hydrogen-bond acceptors (Lipinski definition) is 5. The van der Waals surface area contributed by atoms with Crippen LogP contribution in [-0.2, 0) is 28.7 Å². The van der Waals surface area contributed by atoms with Crippen LogP contribution in [-0.4, -0.2) is 12.1 Å². The first-order valence-corrected chi connectivity index (χ1v) is 14.2. The van der Waals surface area contributed by atoms with Crippen LogP contribution in [0.1, 0.15) is 47.1 Å². The van der Waals surface area contributed by atoms with E-state index in [0.717, 1.165) is 22.3 Å². The van der Waals surface area contributed by atoms with Crippen LogP contribution in [0.2, 0.25) is 0 Å². The van der Waals surface area contributed by atoms with Crippen molar-refractivity contribution in [3.05, 3.63) is 119 Å². The molecular weight excluding hydrogens is 591 g/mol. The Labute approximate surface area is 258 Å². The van der Waals surface area contributed by atoms with E-state index in [-0.39, 0.29) is 24.3 Å². The topological polar surface area (TPSA) is 87.6 Å². The van der Waals surface area contributed by atoms with Crippen LogP contribution in [0.5, 0.6) is 5.75 Å². The highest BCUT2D eigenvalue weighted by Crippen LogP contribution is 2.33. The van der Waals surface area contributed by atoms with Crippen LogP contribution in [0, 0.1) is 6.92 Å². The van der Waals surface area contributed by atoms with Crippen LogP contribution in [0.4, 0.5) is 33.3 Å². The van der Waals surface area contributed by atoms with Gasteiger partial charge in [0, 0.05) is 23.9 Å². The lowest BCUT2D eigenvalue weighted by molar-refractivity contribution is -0.185. The zero-order valence-corrected chi connectivity index (χ0v) is 24.5. The van der Waals surface area contributed by atoms with Gasteiger partial charge in [-0.05, 0) is 114 Å². The van der Waals surface area contributed by atoms with Gasteiger partial charge in [-0.25, -0.2) is 4.79 Å². The van der Waals surface area contributed by atoms with Gasteiger partial charge in [0.05, 0.1) is 5.56 Å². The third kappa shape index (κ3) is 9.82. The number of hydrogen-bond donors (Lipinski definition) is 2. The molecule has 0 aliphatic rings. The average Bonchev–Trinajstić information content (AvgIpc) is 2.98. The zero-order chi connectivity index (χ0) is 32.6. The molecule has 0 aliphatic carbocycles. The third-order valence-corrected chi connectivity index (χ3v) is 7.04. The van der Waals surface area contributed by atoms with E-state index in [9.17, 15) is 26.7 Å². The van der Waals surface area contributed by atoms with E-state index in [1.165, 1.54) is 60.7 Å². The summed E-state index contributed by atoms with van der Waals surface area (Å²) >= 11 is 0. The van der Waals surface area contributed by atoms with E-state index < -0.39 is 24.7 Å². The number of rotatable bonds is 12. The number of aryl methyl sites for hydroxylation is 2. The van der Waals surface area contributed by atoms with Crippen LogP contribution in [0.3, 0.4) is 0 Å². The lowest BCUT2D eigenvalue weighted by atomic mass is 9.95. The maximum Gasteiger partial charge on any atom is 0.426 e. The Morgan fingerprint density at radius 2 is 1.44 bits per heavy atom. The molecule has 0 bridgehead atoms. The Morgan fingerprint density at radius 1 is 0.800 bits per heavy atom. The molecule has 4 aromatic rings. The van der Waals surface area contributed by atoms with Crippen molar-refractivity contribution in [2.75, 3.05) is 11.5 Å². The number of nitrogens with two attached hydrogens (primary N) is 2. The summed E-state index contributed by atoms with van der Waals surface area (Å²) in [4.78, 5) is 12.5. The van der Waals surface area contributed by atoms with Crippen LogP contribution >= 0.6 is 0 Å². The number of anilines is 2. The van der Waals surface area contributed by atoms with Crippen molar-refractivity contribution in [1.29, 1.82) is 0 Å². The minimum Gasteiger partial charge on any atom is -0.458 e. The number of carbonyl (C=O) groups excluding carboxylic acids is 1. The number of esters is 1. The highest BCUT2D eigenvalue weighted by atomic mass is 19.4. The molecule has 0 atom stereocenters. The first-order chi connectivity index (χ1) is 21.3. The second kappa shape index (κ2) is 14.3. The lowest BCUT2D eigenvalue weighted by Gasteiger charge is -2.18. The van der Waals surface area contributed by atoms with Crippen molar-refractivity contribution in [3.8, 4) is 16.9 Å². The van der Waals surface area contributed by atoms with E-state index in [1.807, 2.05) is 25.1 Å². The average molecular weight is 625 g/mol. The van der Waals surface area contributed by atoms with Gasteiger partial charge < -0.3 is 20.9 Å². The molecule has 0 heterocycles. The van der Waals surface area contributed by atoms with Crippen molar-refractivity contribution in [2.24, 2.45) is 0 Å². The molecule has 4 aromatic carbocycles. The third-order valence-electron chi connectivity index (χ3n) is 7.04. The van der Waals surface area contributed by atoms with Gasteiger partial charge in [0.25, 0.3) is 0 Å². The summed E-state index contributed by atoms with van der Waals surface area (Å²) in [6.07, 6.45) is -5.35. The SMILES string of the molecule is Cc1cc(N)ccc1-c1ccc(N)cc1COC(=O)/C=C/c1ccc(OC(F)(F)c2ccc(CCCCC(F)(F)F)cc2)cc1. The number of nitrogen functional groups attached to an aromatic ring is 2. The fourth-order valence-electron chi connectivity index (χ4n) is 4.72. The Morgan fingerprint density at radius 3 is 2.09 bits per heavy atom. The Kier molecular flexibility index (Phi) is 10.5. The highest BCUT2D eigenvalue weighted by Gasteiger charge is 2.34. The molecule has 4 N–H and O–H groups in total. The predicted octanol–water partition coefficient (Wildman–Crippen LogP) is 8.99. The summed E-state index contributed by atoms with van der Waals surface area (Å²) in [5.41, 5.74) is 17.3. The molecule has 0 saturated heterocycles. The number of benzene rings is 4. The molecular formula is C35H33F5N2O3. The molecule has 0 unspecified atom stereocenters. The molecule has 4 rings (SSSR count). The standard InChI is InChI=1S/C35H33F5N2O3/c1-23-20-28(41)12-16-31(23)32-17-13-29(42)21-26(32)22-44-33(43)18-9-25-7-14-30(15-8-25)45-35(39,40)27-10-5-24(6-11-27)4-2-3-19-34(36,37)38/h5-18,20-21H,2-4,19,22,41-42H2,1H3/b18-9+. The first kappa shape index (κ1) is 33.0. The van der Waals surface area contributed by atoms with Gasteiger partial charge in [0.2, 0.25) is 0 Å². The van der Waals surface area contributed by atoms with Gasteiger partial charge in [0.1, 0.15) is 12.4 Å². The summed E-state index contributed by atoms with van der Waals surface area (Å²) in [5, 5.41) is 0. The minimum atomic E-state index is -4.20. The van der Waals surface area contributed by atoms with Gasteiger partial charge in [-0.2, -0.15) is 22.0 Å². The normalized spacial score (nSPS) is 12.0. The monoisotopic (exact) mass is 624 g/mol. The second-order valence-corrected chi connectivity index (χ2v) is 10.6. The number of alkyl halides is 5. The highest BCUT2D eigenvalue weighted by molar-refractivity contribution is 5.87. The van der Waals surface area contributed by atoms with Crippen LogP contribution < -0.4 is 16.2 Å². The summed E-state index contributed by atoms with van der Waals surface area (Å²) < 4.78 is 76.7. The number of carbonyl (C=O) groups is 1. The maximum atomic E-state index is 14.8. The molecule has 0 saturated carbocycles. The van der Waals surface area contributed by atoms with Gasteiger partial charge in [0.15, 0.2) is 0 Å². The van der Waals surface area contributed by atoms with Crippen molar-refractivity contribution in [2.45, 2.75) is 51.5 Å². The van der Waals surface area contributed by atoms with Crippen molar-refractivity contribution in [3.63, 3.8) is 0 Å². The fraction of sp³-hybridized carbons (Fsp3) is 0.229. The molecule has 236 valence electrons. The van der Waals surface area contributed by atoms with Gasteiger partial charge >= 0.3 is 18.3 Å². The molecule has 0 radical (unpaired) electrons. The minimum absolute atomic E-state index is 0.0196. The molecule has 0 amide bonds. The fourth-order valence-corrected chi connectivity index (χ4v) is 4.72. The van der Waals surface area contributed by atoms with E-state index in [4.69, 9.17) is 20.9 Å². The van der Waals surface area contributed by atoms with E-state index >= 15 is 0 Å². The summed E-state index contributed by atoms with van der Waals surface area (Å²) in [6, 6.07) is 22.0. The Hall–Kier alpha value is -4.86. The van der Waals surface area contributed by atoms with Gasteiger partial charge in [-0.1, -0.05) is 36.4 Å². The molecule has 5 nitrogen and oxygen atoms in total. The van der Waals surface area contributed by atoms with E-state index in [1.54, 1.807) is 18.2 Å². The summed E-state index contributed by atoms with van der Waals surface area (Å²) in [6.45, 7) is 1.92. The molecule has 0 aromatic heterocycles. The summed E-state index contributed by atoms with van der Waals surface area (Å²) in [5.74, 6) is -0.698. The summed E-state index contributed by atoms with van der Waals surface area (Å²) in [7, 11) is 0. The van der Waals surface area contributed by atoms with Gasteiger partial charge in [-0.3, -0.25) is 0 Å². The number of halogens is 5. The predicted molar refractivity (Wildman–Crippen MR) is 165 cm³/mol. The second-order valence-electron chi connectivity index (χ2n) is 10.6. The zero-order valence-electron chi connectivity index (χ0n) is 24.5.